The van der Waals surface area contributed by atoms with Crippen molar-refractivity contribution >= 4 is 22.8 Å². The Balaban J connectivity index is 0.982. The fraction of sp³-hybridized carbons (Fsp3) is 0.478. The number of hydrogen-bond donors (Lipinski definition) is 4. The summed E-state index contributed by atoms with van der Waals surface area (Å²) in [5.74, 6) is -1.61. The molecule has 12 heteroatoms. The molecule has 304 valence electrons. The van der Waals surface area contributed by atoms with E-state index in [2.05, 4.69) is 23.8 Å². The third-order valence-corrected chi connectivity index (χ3v) is 13.9. The summed E-state index contributed by atoms with van der Waals surface area (Å²) in [7, 11) is 0. The SMILES string of the molecule is CCC1(C)C[C@@H](c2ncc(-c3ccc4c(c3)C(F)(F)c3cc(-c5ccc6nc([C@@H]7[C@H]8CC[C@H](C8)N7C(=O)[C@@H](N)C(C)C)[nH]c6c5)ccc3-4)[nH]2)N(C(=O)[C@@H](N)C(C)C)C1. The van der Waals surface area contributed by atoms with E-state index in [1.807, 2.05) is 67.8 Å². The minimum absolute atomic E-state index is 0.00698. The first-order valence-corrected chi connectivity index (χ1v) is 20.9. The first-order valence-electron chi connectivity index (χ1n) is 20.9. The van der Waals surface area contributed by atoms with Crippen molar-refractivity contribution in [2.45, 2.75) is 110 Å². The number of benzene rings is 3. The van der Waals surface area contributed by atoms with Crippen LogP contribution in [0.25, 0.3) is 44.5 Å². The number of halogens is 2. The summed E-state index contributed by atoms with van der Waals surface area (Å²) in [6, 6.07) is 14.8. The predicted molar refractivity (Wildman–Crippen MR) is 221 cm³/mol. The molecule has 2 aromatic heterocycles. The number of nitrogens with zero attached hydrogens (tertiary/aromatic N) is 4. The molecule has 5 aromatic rings. The van der Waals surface area contributed by atoms with E-state index in [1.54, 1.807) is 30.5 Å². The van der Waals surface area contributed by atoms with Gasteiger partial charge in [0.25, 0.3) is 5.92 Å². The summed E-state index contributed by atoms with van der Waals surface area (Å²) in [6.07, 6.45) is 6.28. The van der Waals surface area contributed by atoms with Gasteiger partial charge in [-0.1, -0.05) is 71.9 Å². The molecule has 6 N–H and O–H groups in total. The summed E-state index contributed by atoms with van der Waals surface area (Å²) >= 11 is 0. The van der Waals surface area contributed by atoms with Crippen LogP contribution in [0.4, 0.5) is 8.78 Å². The highest BCUT2D eigenvalue weighted by atomic mass is 19.3. The van der Waals surface area contributed by atoms with E-state index in [9.17, 15) is 9.59 Å². The molecule has 2 saturated heterocycles. The minimum atomic E-state index is -3.23. The fourth-order valence-corrected chi connectivity index (χ4v) is 10.1. The van der Waals surface area contributed by atoms with Crippen LogP contribution in [0.3, 0.4) is 0 Å². The highest BCUT2D eigenvalue weighted by Gasteiger charge is 2.51. The lowest BCUT2D eigenvalue weighted by molar-refractivity contribution is -0.138. The molecule has 10 nitrogen and oxygen atoms in total. The molecule has 0 radical (unpaired) electrons. The molecule has 1 saturated carbocycles. The standard InChI is InChI=1S/C46H54F2N8O2/c1-7-45(6)20-37(55(22-45)43(57)38(49)23(2)3)41-51-21-36(54-41)27-10-14-31-30-13-9-25(17-32(30)46(47,48)33(31)18-27)26-11-15-34-35(19-26)53-42(52-34)40-28-8-12-29(16-28)56(40)44(58)39(50)24(4)5/h9-11,13-15,17-19,21,23-24,28-29,37-40H,7-8,12,16,20,22,49-50H2,1-6H3,(H,51,54)(H,52,53)/t28-,29+,37-,38-,39-,40-,45?/m0/s1. The number of aromatic nitrogens is 4. The van der Waals surface area contributed by atoms with E-state index in [-0.39, 0.29) is 58.3 Å². The Morgan fingerprint density at radius 3 is 2.19 bits per heavy atom. The number of carbonyl (C=O) groups is 2. The lowest BCUT2D eigenvalue weighted by atomic mass is 9.85. The highest BCUT2D eigenvalue weighted by molar-refractivity contribution is 5.88. The molecule has 2 aliphatic heterocycles. The molecule has 58 heavy (non-hydrogen) atoms. The van der Waals surface area contributed by atoms with Gasteiger partial charge in [0.1, 0.15) is 11.6 Å². The Kier molecular flexibility index (Phi) is 9.20. The highest BCUT2D eigenvalue weighted by Crippen LogP contribution is 2.54. The topological polar surface area (TPSA) is 150 Å². The van der Waals surface area contributed by atoms with Gasteiger partial charge >= 0.3 is 0 Å². The van der Waals surface area contributed by atoms with Crippen molar-refractivity contribution in [3.63, 3.8) is 0 Å². The van der Waals surface area contributed by atoms with Crippen LogP contribution in [0, 0.1) is 23.2 Å². The number of H-pyrrole nitrogens is 2. The van der Waals surface area contributed by atoms with Crippen LogP contribution in [0.2, 0.25) is 0 Å². The summed E-state index contributed by atoms with van der Waals surface area (Å²) < 4.78 is 33.1. The average Bonchev–Trinajstić information content (AvgIpc) is 4.08. The van der Waals surface area contributed by atoms with Gasteiger partial charge in [0.15, 0.2) is 0 Å². The average molecular weight is 789 g/mol. The van der Waals surface area contributed by atoms with Crippen molar-refractivity contribution in [2.24, 2.45) is 34.6 Å². The van der Waals surface area contributed by atoms with Crippen molar-refractivity contribution in [3.8, 4) is 33.5 Å². The van der Waals surface area contributed by atoms with Gasteiger partial charge in [0.2, 0.25) is 11.8 Å². The molecule has 4 aliphatic rings. The van der Waals surface area contributed by atoms with Gasteiger partial charge in [0.05, 0.1) is 47.1 Å². The Bertz CT molecular complexity index is 2440. The van der Waals surface area contributed by atoms with Crippen molar-refractivity contribution < 1.29 is 18.4 Å². The zero-order valence-electron chi connectivity index (χ0n) is 34.2. The van der Waals surface area contributed by atoms with Crippen LogP contribution in [0.5, 0.6) is 0 Å². The molecule has 0 spiro atoms. The van der Waals surface area contributed by atoms with Crippen LogP contribution in [0.1, 0.15) is 109 Å². The first kappa shape index (κ1) is 38.6. The van der Waals surface area contributed by atoms with Crippen molar-refractivity contribution in [3.05, 3.63) is 83.6 Å². The second-order valence-corrected chi connectivity index (χ2v) is 18.4. The minimum Gasteiger partial charge on any atom is -0.340 e. The molecule has 3 aromatic carbocycles. The lowest BCUT2D eigenvalue weighted by Crippen LogP contribution is -2.50. The third kappa shape index (κ3) is 6.08. The molecule has 4 heterocycles. The molecule has 3 fully saturated rings. The van der Waals surface area contributed by atoms with Gasteiger partial charge < -0.3 is 31.2 Å². The number of rotatable bonds is 9. The number of imidazole rings is 2. The van der Waals surface area contributed by atoms with Crippen LogP contribution in [-0.2, 0) is 15.5 Å². The number of likely N-dealkylation sites (tertiary alicyclic amines) is 2. The molecule has 1 unspecified atom stereocenters. The molecular weight excluding hydrogens is 735 g/mol. The van der Waals surface area contributed by atoms with Crippen LogP contribution < -0.4 is 11.5 Å². The van der Waals surface area contributed by atoms with Gasteiger partial charge in [-0.3, -0.25) is 9.59 Å². The Labute approximate surface area is 338 Å². The maximum absolute atomic E-state index is 16.5. The maximum atomic E-state index is 16.5. The number of amides is 2. The Morgan fingerprint density at radius 2 is 1.50 bits per heavy atom. The van der Waals surface area contributed by atoms with Gasteiger partial charge in [0, 0.05) is 29.3 Å². The normalized spacial score (nSPS) is 25.6. The first-order chi connectivity index (χ1) is 27.6. The quantitative estimate of drug-likeness (QED) is 0.118. The Morgan fingerprint density at radius 1 is 0.862 bits per heavy atom. The molecule has 2 bridgehead atoms. The maximum Gasteiger partial charge on any atom is 0.299 e. The zero-order chi connectivity index (χ0) is 41.0. The van der Waals surface area contributed by atoms with Crippen LogP contribution >= 0.6 is 0 Å². The largest absolute Gasteiger partial charge is 0.340 e. The predicted octanol–water partition coefficient (Wildman–Crippen LogP) is 8.45. The molecule has 7 atom stereocenters. The number of piperidine rings is 1. The molecule has 2 aliphatic carbocycles. The number of nitrogens with one attached hydrogen (secondary N) is 2. The van der Waals surface area contributed by atoms with Crippen LogP contribution in [0.15, 0.2) is 60.8 Å². The molecule has 2 amide bonds. The second-order valence-electron chi connectivity index (χ2n) is 18.4. The fourth-order valence-electron chi connectivity index (χ4n) is 10.1. The number of nitrogens with two attached hydrogens (primary N) is 2. The third-order valence-electron chi connectivity index (χ3n) is 13.9. The second kappa shape index (κ2) is 13.8. The van der Waals surface area contributed by atoms with E-state index in [0.717, 1.165) is 54.5 Å². The van der Waals surface area contributed by atoms with Gasteiger partial charge in [-0.25, -0.2) is 9.97 Å². The zero-order valence-corrected chi connectivity index (χ0v) is 34.2. The van der Waals surface area contributed by atoms with Gasteiger partial charge in [-0.05, 0) is 102 Å². The molecule has 9 rings (SSSR count). The van der Waals surface area contributed by atoms with Gasteiger partial charge in [-0.15, -0.1) is 0 Å². The monoisotopic (exact) mass is 788 g/mol. The summed E-state index contributed by atoms with van der Waals surface area (Å²) in [4.78, 5) is 47.5. The number of hydrogen-bond acceptors (Lipinski definition) is 6. The van der Waals surface area contributed by atoms with Crippen LogP contribution in [-0.4, -0.2) is 66.2 Å². The van der Waals surface area contributed by atoms with E-state index in [0.29, 0.717) is 46.2 Å². The van der Waals surface area contributed by atoms with E-state index >= 15 is 8.78 Å². The van der Waals surface area contributed by atoms with E-state index in [1.165, 1.54) is 0 Å². The summed E-state index contributed by atoms with van der Waals surface area (Å²) in [5.41, 5.74) is 17.8. The lowest BCUT2D eigenvalue weighted by Gasteiger charge is -2.36. The van der Waals surface area contributed by atoms with Gasteiger partial charge in [-0.2, -0.15) is 8.78 Å². The van der Waals surface area contributed by atoms with Crippen molar-refractivity contribution in [1.29, 1.82) is 0 Å². The van der Waals surface area contributed by atoms with Crippen molar-refractivity contribution in [2.75, 3.05) is 6.54 Å². The number of carbonyl (C=O) groups excluding carboxylic acids is 2. The Hall–Kier alpha value is -4.94. The number of aromatic amines is 2. The summed E-state index contributed by atoms with van der Waals surface area (Å²) in [6.45, 7) is 12.7. The number of fused-ring (bicyclic) bond motifs is 6. The molecular formula is C46H54F2N8O2. The van der Waals surface area contributed by atoms with E-state index in [4.69, 9.17) is 21.4 Å². The summed E-state index contributed by atoms with van der Waals surface area (Å²) in [5, 5.41) is 0. The number of alkyl halides is 2. The van der Waals surface area contributed by atoms with Crippen molar-refractivity contribution in [1.82, 2.24) is 29.7 Å². The smallest absolute Gasteiger partial charge is 0.299 e. The van der Waals surface area contributed by atoms with E-state index < -0.39 is 18.0 Å².